The molecule has 0 amide bonds. The van der Waals surface area contributed by atoms with Gasteiger partial charge in [0.15, 0.2) is 5.69 Å². The molecule has 0 aliphatic heterocycles. The van der Waals surface area contributed by atoms with Crippen LogP contribution in [0.15, 0.2) is 4.63 Å². The van der Waals surface area contributed by atoms with Crippen LogP contribution >= 0.6 is 0 Å². The average Bonchev–Trinajstić information content (AvgIpc) is 3.25. The quantitative estimate of drug-likeness (QED) is 0.514. The second-order valence-electron chi connectivity index (χ2n) is 12.9. The van der Waals surface area contributed by atoms with E-state index in [1.54, 1.807) is 0 Å². The predicted octanol–water partition coefficient (Wildman–Crippen LogP) is 6.34. The molecule has 0 N–H and O–H groups in total. The number of aromatic nitrogens is 2. The van der Waals surface area contributed by atoms with Crippen molar-refractivity contribution < 1.29 is 9.53 Å². The molecule has 0 bridgehead atoms. The normalized spacial score (nSPS) is 42.6. The van der Waals surface area contributed by atoms with E-state index >= 15 is 0 Å². The second kappa shape index (κ2) is 7.76. The van der Waals surface area contributed by atoms with Gasteiger partial charge in [0.05, 0.1) is 0 Å². The van der Waals surface area contributed by atoms with Crippen LogP contribution in [0.5, 0.6) is 0 Å². The van der Waals surface area contributed by atoms with Crippen LogP contribution in [0.2, 0.25) is 0 Å². The van der Waals surface area contributed by atoms with Gasteiger partial charge in [0.1, 0.15) is 0 Å². The number of hydrogen-bond donors (Lipinski definition) is 0. The summed E-state index contributed by atoms with van der Waals surface area (Å²) in [6.07, 6.45) is 14.4. The van der Waals surface area contributed by atoms with Gasteiger partial charge < -0.3 is 5.21 Å². The third-order valence-corrected chi connectivity index (χ3v) is 11.0. The third-order valence-electron chi connectivity index (χ3n) is 11.0. The van der Waals surface area contributed by atoms with Gasteiger partial charge in [0, 0.05) is 18.0 Å². The summed E-state index contributed by atoms with van der Waals surface area (Å²) < 4.78 is 4.99. The Balaban J connectivity index is 1.34. The topological polar surface area (TPSA) is 53.0 Å². The fourth-order valence-corrected chi connectivity index (χ4v) is 9.38. The molecule has 0 saturated heterocycles. The van der Waals surface area contributed by atoms with Crippen LogP contribution in [0.3, 0.4) is 0 Å². The minimum absolute atomic E-state index is 0.246. The summed E-state index contributed by atoms with van der Waals surface area (Å²) in [5.41, 5.74) is 2.55. The van der Waals surface area contributed by atoms with Gasteiger partial charge in [-0.3, -0.25) is 4.63 Å². The Morgan fingerprint density at radius 2 is 1.81 bits per heavy atom. The molecule has 4 nitrogen and oxygen atoms in total. The van der Waals surface area contributed by atoms with Gasteiger partial charge in [-0.1, -0.05) is 53.9 Å². The molecule has 31 heavy (non-hydrogen) atoms. The summed E-state index contributed by atoms with van der Waals surface area (Å²) in [5, 5.41) is 16.3. The molecule has 3 saturated carbocycles. The predicted molar refractivity (Wildman–Crippen MR) is 122 cm³/mol. The first kappa shape index (κ1) is 21.8. The zero-order chi connectivity index (χ0) is 22.0. The Morgan fingerprint density at radius 1 is 1.03 bits per heavy atom. The van der Waals surface area contributed by atoms with E-state index in [1.807, 2.05) is 0 Å². The van der Waals surface area contributed by atoms with Crippen LogP contribution in [0.1, 0.15) is 104 Å². The highest BCUT2D eigenvalue weighted by atomic mass is 16.8. The first-order chi connectivity index (χ1) is 14.7. The van der Waals surface area contributed by atoms with Crippen molar-refractivity contribution in [3.05, 3.63) is 16.6 Å². The zero-order valence-corrected chi connectivity index (χ0v) is 20.5. The van der Waals surface area contributed by atoms with Crippen molar-refractivity contribution in [2.24, 2.45) is 52.3 Å². The Bertz CT molecular complexity index is 803. The molecule has 6 unspecified atom stereocenters. The lowest BCUT2D eigenvalue weighted by Gasteiger charge is -2.60. The SMILES string of the molecule is CC(C)CCC[C@@H](C)C1CCC2C3CC[C@H]4Cc5no[n+]([O-])c5CC4(C)C3CCC21C. The summed E-state index contributed by atoms with van der Waals surface area (Å²) in [5.74, 6) is 5.80. The molecule has 5 rings (SSSR count). The van der Waals surface area contributed by atoms with E-state index in [1.165, 1.54) is 57.8 Å². The molecule has 3 fully saturated rings. The fourth-order valence-electron chi connectivity index (χ4n) is 9.38. The smallest absolute Gasteiger partial charge is 0.221 e. The highest BCUT2D eigenvalue weighted by Gasteiger charge is 2.61. The number of fused-ring (bicyclic) bond motifs is 6. The van der Waals surface area contributed by atoms with Crippen molar-refractivity contribution in [3.8, 4) is 0 Å². The lowest BCUT2D eigenvalue weighted by molar-refractivity contribution is -0.808. The summed E-state index contributed by atoms with van der Waals surface area (Å²) in [4.78, 5) is 0.706. The summed E-state index contributed by atoms with van der Waals surface area (Å²) >= 11 is 0. The Kier molecular flexibility index (Phi) is 5.45. The number of hydrogen-bond acceptors (Lipinski definition) is 3. The molecule has 4 heteroatoms. The summed E-state index contributed by atoms with van der Waals surface area (Å²) in [6.45, 7) is 12.5. The summed E-state index contributed by atoms with van der Waals surface area (Å²) in [7, 11) is 0. The lowest BCUT2D eigenvalue weighted by Crippen LogP contribution is -2.55. The van der Waals surface area contributed by atoms with E-state index in [-0.39, 0.29) is 5.41 Å². The number of rotatable bonds is 5. The largest absolute Gasteiger partial charge is 0.359 e. The molecular formula is C27H44N2O2. The first-order valence-electron chi connectivity index (χ1n) is 13.3. The van der Waals surface area contributed by atoms with E-state index in [0.29, 0.717) is 16.2 Å². The van der Waals surface area contributed by atoms with E-state index in [4.69, 9.17) is 4.63 Å². The van der Waals surface area contributed by atoms with Crippen LogP contribution in [0, 0.1) is 57.5 Å². The summed E-state index contributed by atoms with van der Waals surface area (Å²) in [6, 6.07) is 0. The van der Waals surface area contributed by atoms with Gasteiger partial charge in [-0.2, -0.15) is 0 Å². The van der Waals surface area contributed by atoms with E-state index < -0.39 is 0 Å². The molecule has 0 spiro atoms. The van der Waals surface area contributed by atoms with Gasteiger partial charge in [0.2, 0.25) is 5.69 Å². The molecule has 1 aromatic rings. The van der Waals surface area contributed by atoms with Gasteiger partial charge in [-0.25, -0.2) is 0 Å². The molecule has 174 valence electrons. The molecule has 1 aromatic heterocycles. The van der Waals surface area contributed by atoms with Crippen molar-refractivity contribution in [3.63, 3.8) is 0 Å². The molecule has 8 atom stereocenters. The molecular weight excluding hydrogens is 384 g/mol. The van der Waals surface area contributed by atoms with Crippen molar-refractivity contribution in [1.82, 2.24) is 5.16 Å². The zero-order valence-electron chi connectivity index (χ0n) is 20.5. The lowest BCUT2D eigenvalue weighted by atomic mass is 9.44. The minimum atomic E-state index is 0.246. The molecule has 0 radical (unpaired) electrons. The first-order valence-corrected chi connectivity index (χ1v) is 13.3. The van der Waals surface area contributed by atoms with Crippen LogP contribution in [0.4, 0.5) is 0 Å². The molecule has 0 aromatic carbocycles. The second-order valence-corrected chi connectivity index (χ2v) is 12.9. The Morgan fingerprint density at radius 3 is 2.58 bits per heavy atom. The molecule has 1 heterocycles. The van der Waals surface area contributed by atoms with Crippen molar-refractivity contribution in [2.45, 2.75) is 105 Å². The third kappa shape index (κ3) is 3.37. The highest BCUT2D eigenvalue weighted by molar-refractivity contribution is 5.19. The van der Waals surface area contributed by atoms with Gasteiger partial charge >= 0.3 is 0 Å². The van der Waals surface area contributed by atoms with E-state index in [0.717, 1.165) is 59.7 Å². The maximum atomic E-state index is 12.2. The van der Waals surface area contributed by atoms with Crippen molar-refractivity contribution in [2.75, 3.05) is 0 Å². The highest BCUT2D eigenvalue weighted by Crippen LogP contribution is 2.67. The van der Waals surface area contributed by atoms with Crippen LogP contribution in [0.25, 0.3) is 0 Å². The van der Waals surface area contributed by atoms with Gasteiger partial charge in [0.25, 0.3) is 0 Å². The van der Waals surface area contributed by atoms with E-state index in [9.17, 15) is 5.21 Å². The average molecular weight is 429 g/mol. The van der Waals surface area contributed by atoms with Gasteiger partial charge in [-0.15, -0.1) is 0 Å². The maximum absolute atomic E-state index is 12.2. The Labute approximate surface area is 189 Å². The maximum Gasteiger partial charge on any atom is 0.221 e. The fraction of sp³-hybridized carbons (Fsp3) is 0.926. The minimum Gasteiger partial charge on any atom is -0.359 e. The van der Waals surface area contributed by atoms with Gasteiger partial charge in [-0.05, 0) is 95.7 Å². The number of nitrogens with zero attached hydrogens (tertiary/aromatic N) is 2. The molecule has 4 aliphatic rings. The molecule has 4 aliphatic carbocycles. The van der Waals surface area contributed by atoms with Crippen LogP contribution in [-0.4, -0.2) is 5.16 Å². The van der Waals surface area contributed by atoms with Crippen LogP contribution < -0.4 is 4.90 Å². The van der Waals surface area contributed by atoms with E-state index in [2.05, 4.69) is 39.8 Å². The standard InChI is InChI=1S/C27H44N2O2/c1-17(2)7-6-8-18(3)21-11-12-22-20-10-9-19-15-24-25(29(30)31-28-24)16-27(19,5)23(20)13-14-26(21,22)4/h17-23H,6-16H2,1-5H3/t18-,19+,20?,21?,22?,23?,26?,27?/m1/s1. The monoisotopic (exact) mass is 428 g/mol. The van der Waals surface area contributed by atoms with Crippen molar-refractivity contribution in [1.29, 1.82) is 0 Å². The van der Waals surface area contributed by atoms with Crippen LogP contribution in [-0.2, 0) is 12.8 Å². The van der Waals surface area contributed by atoms with Crippen molar-refractivity contribution >= 4 is 0 Å². The Hall–Kier alpha value is -1.06.